The zero-order valence-electron chi connectivity index (χ0n) is 7.04. The average molecular weight is 168 g/mol. The van der Waals surface area contributed by atoms with Gasteiger partial charge in [-0.15, -0.1) is 0 Å². The van der Waals surface area contributed by atoms with Crippen molar-refractivity contribution in [1.29, 1.82) is 5.26 Å². The van der Waals surface area contributed by atoms with E-state index in [1.165, 1.54) is 0 Å². The Kier molecular flexibility index (Phi) is 3.06. The minimum absolute atomic E-state index is 0.0609. The summed E-state index contributed by atoms with van der Waals surface area (Å²) in [5, 5.41) is 10.7. The maximum Gasteiger partial charge on any atom is 0.250 e. The Morgan fingerprint density at radius 2 is 2.58 bits per heavy atom. The molecule has 12 heavy (non-hydrogen) atoms. The summed E-state index contributed by atoms with van der Waals surface area (Å²) in [4.78, 5) is 11.2. The lowest BCUT2D eigenvalue weighted by atomic mass is 10.0. The first kappa shape index (κ1) is 9.01. The van der Waals surface area contributed by atoms with Crippen molar-refractivity contribution < 1.29 is 9.53 Å². The van der Waals surface area contributed by atoms with Gasteiger partial charge in [0.05, 0.1) is 6.07 Å². The molecule has 1 aliphatic rings. The van der Waals surface area contributed by atoms with Crippen LogP contribution < -0.4 is 5.32 Å². The number of rotatable bonds is 2. The van der Waals surface area contributed by atoms with Crippen LogP contribution in [0.1, 0.15) is 13.3 Å². The molecule has 0 unspecified atom stereocenters. The monoisotopic (exact) mass is 168 g/mol. The van der Waals surface area contributed by atoms with Crippen LogP contribution in [0.25, 0.3) is 0 Å². The largest absolute Gasteiger partial charge is 0.368 e. The highest BCUT2D eigenvalue weighted by atomic mass is 16.5. The number of nitrogens with zero attached hydrogens (tertiary/aromatic N) is 1. The molecule has 1 rings (SSSR count). The van der Waals surface area contributed by atoms with Crippen LogP contribution in [0.3, 0.4) is 0 Å². The third-order valence-corrected chi connectivity index (χ3v) is 1.99. The van der Waals surface area contributed by atoms with Gasteiger partial charge in [-0.2, -0.15) is 5.26 Å². The number of amides is 1. The Balaban J connectivity index is 2.37. The van der Waals surface area contributed by atoms with E-state index >= 15 is 0 Å². The summed E-state index contributed by atoms with van der Waals surface area (Å²) < 4.78 is 5.20. The van der Waals surface area contributed by atoms with E-state index in [4.69, 9.17) is 10.00 Å². The number of carbonyl (C=O) groups excluding carboxylic acids is 1. The van der Waals surface area contributed by atoms with Crippen LogP contribution >= 0.6 is 0 Å². The van der Waals surface area contributed by atoms with E-state index in [2.05, 4.69) is 5.32 Å². The van der Waals surface area contributed by atoms with Crippen LogP contribution in [0.4, 0.5) is 0 Å². The van der Waals surface area contributed by atoms with Gasteiger partial charge in [0.2, 0.25) is 5.91 Å². The summed E-state index contributed by atoms with van der Waals surface area (Å²) >= 11 is 0. The van der Waals surface area contributed by atoms with Crippen molar-refractivity contribution in [2.45, 2.75) is 19.4 Å². The molecule has 4 nitrogen and oxygen atoms in total. The summed E-state index contributed by atoms with van der Waals surface area (Å²) in [7, 11) is 0. The third kappa shape index (κ3) is 1.95. The first-order chi connectivity index (χ1) is 5.75. The molecule has 1 saturated heterocycles. The van der Waals surface area contributed by atoms with Crippen molar-refractivity contribution in [2.75, 3.05) is 13.2 Å². The van der Waals surface area contributed by atoms with Gasteiger partial charge in [0, 0.05) is 6.61 Å². The fourth-order valence-corrected chi connectivity index (χ4v) is 1.26. The van der Waals surface area contributed by atoms with E-state index in [0.717, 1.165) is 6.42 Å². The normalized spacial score (nSPS) is 28.0. The van der Waals surface area contributed by atoms with Gasteiger partial charge in [-0.25, -0.2) is 0 Å². The molecule has 1 amide bonds. The number of hydrogen-bond donors (Lipinski definition) is 1. The minimum Gasteiger partial charge on any atom is -0.368 e. The standard InChI is InChI=1S/C8H12N2O2/c1-6-2-5-12-7(6)8(11)10-4-3-9/h6-7H,2,4-5H2,1H3,(H,10,11)/t6-,7+/m1/s1. The molecule has 66 valence electrons. The summed E-state index contributed by atoms with van der Waals surface area (Å²) in [5.74, 6) is 0.102. The van der Waals surface area contributed by atoms with E-state index in [9.17, 15) is 4.79 Å². The van der Waals surface area contributed by atoms with Crippen molar-refractivity contribution in [3.05, 3.63) is 0 Å². The van der Waals surface area contributed by atoms with Crippen molar-refractivity contribution >= 4 is 5.91 Å². The van der Waals surface area contributed by atoms with Gasteiger partial charge < -0.3 is 10.1 Å². The number of nitrogens with one attached hydrogen (secondary N) is 1. The highest BCUT2D eigenvalue weighted by Crippen LogP contribution is 2.19. The molecule has 0 aromatic carbocycles. The quantitative estimate of drug-likeness (QED) is 0.593. The molecular weight excluding hydrogens is 156 g/mol. The van der Waals surface area contributed by atoms with Crippen LogP contribution in [-0.2, 0) is 9.53 Å². The molecule has 0 aromatic heterocycles. The van der Waals surface area contributed by atoms with Crippen LogP contribution in [-0.4, -0.2) is 25.2 Å². The van der Waals surface area contributed by atoms with Crippen LogP contribution in [0.15, 0.2) is 0 Å². The summed E-state index contributed by atoms with van der Waals surface area (Å²) in [6.45, 7) is 2.68. The fraction of sp³-hybridized carbons (Fsp3) is 0.750. The molecule has 0 aliphatic carbocycles. The second-order valence-electron chi connectivity index (χ2n) is 2.93. The first-order valence-electron chi connectivity index (χ1n) is 4.02. The maximum atomic E-state index is 11.2. The maximum absolute atomic E-state index is 11.2. The van der Waals surface area contributed by atoms with Gasteiger partial charge in [-0.05, 0) is 12.3 Å². The van der Waals surface area contributed by atoms with E-state index in [-0.39, 0.29) is 24.5 Å². The number of carbonyl (C=O) groups is 1. The highest BCUT2D eigenvalue weighted by Gasteiger charge is 2.30. The summed E-state index contributed by atoms with van der Waals surface area (Å²) in [5.41, 5.74) is 0. The second-order valence-corrected chi connectivity index (χ2v) is 2.93. The Hall–Kier alpha value is -1.08. The molecular formula is C8H12N2O2. The molecule has 1 aliphatic heterocycles. The number of ether oxygens (including phenoxy) is 1. The van der Waals surface area contributed by atoms with Gasteiger partial charge >= 0.3 is 0 Å². The molecule has 2 atom stereocenters. The lowest BCUT2D eigenvalue weighted by Crippen LogP contribution is -2.37. The predicted octanol–water partition coefficient (Wildman–Crippen LogP) is 0.0512. The lowest BCUT2D eigenvalue weighted by Gasteiger charge is -2.12. The molecule has 4 heteroatoms. The Morgan fingerprint density at radius 3 is 3.08 bits per heavy atom. The minimum atomic E-state index is -0.349. The molecule has 1 N–H and O–H groups in total. The Bertz CT molecular complexity index is 210. The molecule has 0 saturated carbocycles. The zero-order chi connectivity index (χ0) is 8.97. The molecule has 1 heterocycles. The van der Waals surface area contributed by atoms with Crippen molar-refractivity contribution in [2.24, 2.45) is 5.92 Å². The Morgan fingerprint density at radius 1 is 1.83 bits per heavy atom. The Labute approximate surface area is 71.5 Å². The molecule has 0 bridgehead atoms. The summed E-state index contributed by atoms with van der Waals surface area (Å²) in [6.07, 6.45) is 0.573. The van der Waals surface area contributed by atoms with E-state index < -0.39 is 0 Å². The fourth-order valence-electron chi connectivity index (χ4n) is 1.26. The lowest BCUT2D eigenvalue weighted by molar-refractivity contribution is -0.131. The van der Waals surface area contributed by atoms with Gasteiger partial charge in [0.15, 0.2) is 0 Å². The van der Waals surface area contributed by atoms with Crippen molar-refractivity contribution in [3.63, 3.8) is 0 Å². The van der Waals surface area contributed by atoms with Gasteiger partial charge in [-0.3, -0.25) is 4.79 Å². The third-order valence-electron chi connectivity index (χ3n) is 1.99. The van der Waals surface area contributed by atoms with Crippen molar-refractivity contribution in [1.82, 2.24) is 5.32 Å². The molecule has 0 spiro atoms. The zero-order valence-corrected chi connectivity index (χ0v) is 7.04. The SMILES string of the molecule is C[C@@H]1CCO[C@@H]1C(=O)NCC#N. The van der Waals surface area contributed by atoms with E-state index in [1.807, 2.05) is 13.0 Å². The van der Waals surface area contributed by atoms with Gasteiger partial charge in [0.1, 0.15) is 12.6 Å². The van der Waals surface area contributed by atoms with Gasteiger partial charge in [-0.1, -0.05) is 6.92 Å². The molecule has 0 radical (unpaired) electrons. The van der Waals surface area contributed by atoms with E-state index in [0.29, 0.717) is 6.61 Å². The highest BCUT2D eigenvalue weighted by molar-refractivity contribution is 5.81. The average Bonchev–Trinajstić information content (AvgIpc) is 2.47. The van der Waals surface area contributed by atoms with E-state index in [1.54, 1.807) is 0 Å². The number of nitriles is 1. The summed E-state index contributed by atoms with van der Waals surface area (Å²) in [6, 6.07) is 1.85. The smallest absolute Gasteiger partial charge is 0.250 e. The number of hydrogen-bond acceptors (Lipinski definition) is 3. The van der Waals surface area contributed by atoms with Gasteiger partial charge in [0.25, 0.3) is 0 Å². The predicted molar refractivity (Wildman–Crippen MR) is 42.1 cm³/mol. The van der Waals surface area contributed by atoms with Crippen molar-refractivity contribution in [3.8, 4) is 6.07 Å². The molecule has 1 fully saturated rings. The second kappa shape index (κ2) is 4.07. The van der Waals surface area contributed by atoms with Crippen LogP contribution in [0.2, 0.25) is 0 Å². The van der Waals surface area contributed by atoms with Crippen LogP contribution in [0.5, 0.6) is 0 Å². The topological polar surface area (TPSA) is 62.1 Å². The first-order valence-corrected chi connectivity index (χ1v) is 4.02. The van der Waals surface area contributed by atoms with Crippen LogP contribution in [0, 0.1) is 17.2 Å². The molecule has 0 aromatic rings.